The van der Waals surface area contributed by atoms with Crippen LogP contribution in [0.15, 0.2) is 15.8 Å². The zero-order chi connectivity index (χ0) is 5.11. The molecule has 0 aliphatic heterocycles. The molecule has 0 bridgehead atoms. The van der Waals surface area contributed by atoms with Crippen LogP contribution in [0.3, 0.4) is 0 Å². The molecule has 3 nitrogen and oxygen atoms in total. The van der Waals surface area contributed by atoms with Crippen LogP contribution in [0.1, 0.15) is 0 Å². The van der Waals surface area contributed by atoms with E-state index in [2.05, 4.69) is 26.6 Å². The van der Waals surface area contributed by atoms with Gasteiger partial charge in [0, 0.05) is 5.27 Å². The molecule has 0 aromatic carbocycles. The molecule has 0 atom stereocenters. The van der Waals surface area contributed by atoms with Gasteiger partial charge in [-0.25, -0.2) is 0 Å². The summed E-state index contributed by atoms with van der Waals surface area (Å²) in [5, 5.41) is 7.39. The third-order valence-electron chi connectivity index (χ3n) is 0.434. The van der Waals surface area contributed by atoms with E-state index in [9.17, 15) is 0 Å². The van der Waals surface area contributed by atoms with Crippen molar-refractivity contribution in [2.75, 3.05) is 0 Å². The van der Waals surface area contributed by atoms with Gasteiger partial charge in [-0.05, 0) is 10.8 Å². The van der Waals surface area contributed by atoms with Crippen LogP contribution in [-0.2, 0) is 0 Å². The summed E-state index contributed by atoms with van der Waals surface area (Å²) in [6, 6.07) is 0. The Hall–Kier alpha value is -0.160. The molecular formula is C2H2N2OS2. The zero-order valence-corrected chi connectivity index (χ0v) is 4.95. The number of nitrogens with zero attached hydrogens (tertiary/aromatic N) is 2. The van der Waals surface area contributed by atoms with Crippen molar-refractivity contribution in [3.63, 3.8) is 0 Å². The van der Waals surface area contributed by atoms with E-state index in [1.54, 1.807) is 0 Å². The van der Waals surface area contributed by atoms with Crippen LogP contribution in [-0.4, -0.2) is 10.4 Å². The summed E-state index contributed by atoms with van der Waals surface area (Å²) in [7, 11) is 1.20. The molecule has 0 spiro atoms. The molecule has 0 aliphatic rings. The van der Waals surface area contributed by atoms with Gasteiger partial charge in [-0.1, -0.05) is 0 Å². The van der Waals surface area contributed by atoms with Crippen LogP contribution < -0.4 is 0 Å². The van der Waals surface area contributed by atoms with Crippen LogP contribution in [0.25, 0.3) is 0 Å². The number of hydrogen-bond donors (Lipinski definition) is 1. The van der Waals surface area contributed by atoms with E-state index in [1.807, 2.05) is 0 Å². The maximum Gasteiger partial charge on any atom is 0.170 e. The molecule has 1 rings (SSSR count). The highest BCUT2D eigenvalue weighted by molar-refractivity contribution is 8.68. The highest BCUT2D eigenvalue weighted by Crippen LogP contribution is 2.16. The summed E-state index contributed by atoms with van der Waals surface area (Å²) < 4.78 is 4.37. The highest BCUT2D eigenvalue weighted by atomic mass is 33.1. The van der Waals surface area contributed by atoms with E-state index >= 15 is 0 Å². The average molecular weight is 134 g/mol. The third-order valence-corrected chi connectivity index (χ3v) is 1.36. The van der Waals surface area contributed by atoms with Crippen LogP contribution >= 0.6 is 22.5 Å². The Morgan fingerprint density at radius 3 is 3.00 bits per heavy atom. The minimum atomic E-state index is 0.684. The van der Waals surface area contributed by atoms with E-state index in [0.717, 1.165) is 0 Å². The van der Waals surface area contributed by atoms with Gasteiger partial charge in [0.2, 0.25) is 0 Å². The second kappa shape index (κ2) is 2.23. The van der Waals surface area contributed by atoms with Gasteiger partial charge in [-0.3, -0.25) is 0 Å². The normalized spacial score (nSPS) is 9.29. The minimum Gasteiger partial charge on any atom is -0.344 e. The van der Waals surface area contributed by atoms with Crippen molar-refractivity contribution in [1.29, 1.82) is 0 Å². The first-order valence-electron chi connectivity index (χ1n) is 1.52. The fourth-order valence-corrected chi connectivity index (χ4v) is 0.590. The molecule has 0 N–H and O–H groups in total. The van der Waals surface area contributed by atoms with Crippen LogP contribution in [0.5, 0.6) is 0 Å². The average Bonchev–Trinajstić information content (AvgIpc) is 2.14. The first-order chi connectivity index (χ1) is 3.43. The molecular weight excluding hydrogens is 132 g/mol. The van der Waals surface area contributed by atoms with E-state index < -0.39 is 0 Å². The quantitative estimate of drug-likeness (QED) is 0.459. The van der Waals surface area contributed by atoms with Crippen molar-refractivity contribution in [2.24, 2.45) is 0 Å². The fraction of sp³-hybridized carbons (Fsp3) is 0. The minimum absolute atomic E-state index is 0.684. The lowest BCUT2D eigenvalue weighted by Crippen LogP contribution is -1.62. The summed E-state index contributed by atoms with van der Waals surface area (Å²) >= 11 is 3.83. The van der Waals surface area contributed by atoms with Crippen LogP contribution in [0.2, 0.25) is 0 Å². The van der Waals surface area contributed by atoms with Crippen molar-refractivity contribution in [3.8, 4) is 0 Å². The van der Waals surface area contributed by atoms with Gasteiger partial charge >= 0.3 is 0 Å². The van der Waals surface area contributed by atoms with Crippen molar-refractivity contribution < 1.29 is 4.52 Å². The summed E-state index contributed by atoms with van der Waals surface area (Å²) in [6.07, 6.45) is 1.43. The molecule has 0 radical (unpaired) electrons. The number of rotatable bonds is 1. The fourth-order valence-electron chi connectivity index (χ4n) is 0.196. The van der Waals surface area contributed by atoms with Crippen molar-refractivity contribution in [3.05, 3.63) is 6.26 Å². The second-order valence-electron chi connectivity index (χ2n) is 0.834. The van der Waals surface area contributed by atoms with E-state index in [0.29, 0.717) is 5.03 Å². The first-order valence-corrected chi connectivity index (χ1v) is 3.39. The molecule has 0 saturated carbocycles. The molecule has 0 saturated heterocycles. The smallest absolute Gasteiger partial charge is 0.170 e. The molecule has 1 aromatic rings. The standard InChI is InChI=1S/C2H2N2OS2/c6-7-2-1-5-4-3-2/h1,6H. The Balaban J connectivity index is 2.76. The SMILES string of the molecule is SSc1conn1. The van der Waals surface area contributed by atoms with Crippen molar-refractivity contribution in [2.45, 2.75) is 5.03 Å². The Morgan fingerprint density at radius 2 is 2.71 bits per heavy atom. The van der Waals surface area contributed by atoms with Crippen LogP contribution in [0.4, 0.5) is 0 Å². The Bertz CT molecular complexity index is 128. The largest absolute Gasteiger partial charge is 0.344 e. The predicted octanol–water partition coefficient (Wildman–Crippen LogP) is 1.01. The molecule has 38 valence electrons. The van der Waals surface area contributed by atoms with Crippen LogP contribution in [0, 0.1) is 0 Å². The third kappa shape index (κ3) is 1.10. The molecule has 0 unspecified atom stereocenters. The zero-order valence-electron chi connectivity index (χ0n) is 3.24. The lowest BCUT2D eigenvalue weighted by molar-refractivity contribution is 0.392. The molecule has 0 amide bonds. The van der Waals surface area contributed by atoms with Gasteiger partial charge < -0.3 is 4.52 Å². The van der Waals surface area contributed by atoms with Gasteiger partial charge in [0.05, 0.1) is 0 Å². The van der Waals surface area contributed by atoms with Crippen molar-refractivity contribution in [1.82, 2.24) is 10.4 Å². The van der Waals surface area contributed by atoms with Gasteiger partial charge in [0.25, 0.3) is 0 Å². The monoisotopic (exact) mass is 134 g/mol. The summed E-state index contributed by atoms with van der Waals surface area (Å²) in [5.41, 5.74) is 0. The molecule has 0 aliphatic carbocycles. The Labute approximate surface area is 49.3 Å². The van der Waals surface area contributed by atoms with Gasteiger partial charge in [-0.15, -0.1) is 16.8 Å². The van der Waals surface area contributed by atoms with E-state index in [-0.39, 0.29) is 0 Å². The molecule has 1 heterocycles. The molecule has 5 heteroatoms. The highest BCUT2D eigenvalue weighted by Gasteiger charge is 1.89. The summed E-state index contributed by atoms with van der Waals surface area (Å²) in [6.45, 7) is 0. The molecule has 1 aromatic heterocycles. The topological polar surface area (TPSA) is 38.9 Å². The lowest BCUT2D eigenvalue weighted by atomic mass is 11.0. The molecule has 7 heavy (non-hydrogen) atoms. The number of hydrogen-bond acceptors (Lipinski definition) is 5. The number of aromatic nitrogens is 2. The lowest BCUT2D eigenvalue weighted by Gasteiger charge is -1.71. The van der Waals surface area contributed by atoms with Gasteiger partial charge in [0.15, 0.2) is 11.3 Å². The summed E-state index contributed by atoms with van der Waals surface area (Å²) in [4.78, 5) is 0. The van der Waals surface area contributed by atoms with Gasteiger partial charge in [-0.2, -0.15) is 0 Å². The maximum absolute atomic E-state index is 4.37. The summed E-state index contributed by atoms with van der Waals surface area (Å²) in [5.74, 6) is 0. The Kier molecular flexibility index (Phi) is 1.59. The maximum atomic E-state index is 4.37. The first kappa shape index (κ1) is 4.99. The van der Waals surface area contributed by atoms with E-state index in [1.165, 1.54) is 17.1 Å². The Morgan fingerprint density at radius 1 is 1.86 bits per heavy atom. The van der Waals surface area contributed by atoms with Crippen molar-refractivity contribution >= 4 is 22.5 Å². The predicted molar refractivity (Wildman–Crippen MR) is 29.1 cm³/mol. The van der Waals surface area contributed by atoms with Gasteiger partial charge in [0.1, 0.15) is 0 Å². The molecule has 0 fully saturated rings. The number of thiol groups is 1. The van der Waals surface area contributed by atoms with E-state index in [4.69, 9.17) is 0 Å². The second-order valence-corrected chi connectivity index (χ2v) is 1.98.